The third-order valence-corrected chi connectivity index (χ3v) is 2.03. The van der Waals surface area contributed by atoms with Crippen LogP contribution in [0, 0.1) is 0 Å². The fourth-order valence-electron chi connectivity index (χ4n) is 1.40. The number of amides is 1. The summed E-state index contributed by atoms with van der Waals surface area (Å²) in [5.74, 6) is 0.0331. The standard InChI is InChI=1S/C12H17NO2/c1-10(9-15-2)13-12(14)8-11-6-4-3-5-7-11/h3-7,10H,8-9H2,1-2H3,(H,13,14)/t10-/m0/s1. The summed E-state index contributed by atoms with van der Waals surface area (Å²) in [5.41, 5.74) is 1.03. The molecule has 0 radical (unpaired) electrons. The molecule has 0 spiro atoms. The number of methoxy groups -OCH3 is 1. The van der Waals surface area contributed by atoms with Gasteiger partial charge >= 0.3 is 0 Å². The SMILES string of the molecule is COC[C@H](C)NC(=O)Cc1ccccc1. The minimum Gasteiger partial charge on any atom is -0.383 e. The molecule has 0 saturated carbocycles. The lowest BCUT2D eigenvalue weighted by molar-refractivity contribution is -0.121. The van der Waals surface area contributed by atoms with Gasteiger partial charge < -0.3 is 10.1 Å². The number of carbonyl (C=O) groups is 1. The highest BCUT2D eigenvalue weighted by Crippen LogP contribution is 1.99. The second-order valence-electron chi connectivity index (χ2n) is 3.59. The Morgan fingerprint density at radius 1 is 1.40 bits per heavy atom. The van der Waals surface area contributed by atoms with Gasteiger partial charge in [0.25, 0.3) is 0 Å². The number of benzene rings is 1. The molecule has 1 aromatic rings. The molecule has 1 aromatic carbocycles. The lowest BCUT2D eigenvalue weighted by Crippen LogP contribution is -2.36. The van der Waals surface area contributed by atoms with Gasteiger partial charge in [0, 0.05) is 13.2 Å². The molecule has 15 heavy (non-hydrogen) atoms. The van der Waals surface area contributed by atoms with E-state index < -0.39 is 0 Å². The van der Waals surface area contributed by atoms with Crippen molar-refractivity contribution in [2.75, 3.05) is 13.7 Å². The third kappa shape index (κ3) is 4.61. The molecule has 0 saturated heterocycles. The van der Waals surface area contributed by atoms with Crippen molar-refractivity contribution < 1.29 is 9.53 Å². The topological polar surface area (TPSA) is 38.3 Å². The van der Waals surface area contributed by atoms with Crippen LogP contribution in [0.2, 0.25) is 0 Å². The monoisotopic (exact) mass is 207 g/mol. The van der Waals surface area contributed by atoms with Gasteiger partial charge in [-0.3, -0.25) is 4.79 Å². The van der Waals surface area contributed by atoms with Crippen molar-refractivity contribution in [3.63, 3.8) is 0 Å². The zero-order valence-corrected chi connectivity index (χ0v) is 9.19. The van der Waals surface area contributed by atoms with Crippen LogP contribution in [0.25, 0.3) is 0 Å². The normalized spacial score (nSPS) is 12.1. The highest BCUT2D eigenvalue weighted by molar-refractivity contribution is 5.78. The molecule has 3 heteroatoms. The molecule has 0 aromatic heterocycles. The number of carbonyl (C=O) groups excluding carboxylic acids is 1. The molecule has 0 aliphatic heterocycles. The highest BCUT2D eigenvalue weighted by atomic mass is 16.5. The molecule has 0 aliphatic carbocycles. The van der Waals surface area contributed by atoms with E-state index in [0.29, 0.717) is 13.0 Å². The van der Waals surface area contributed by atoms with E-state index in [1.165, 1.54) is 0 Å². The summed E-state index contributed by atoms with van der Waals surface area (Å²) in [6.07, 6.45) is 0.425. The Bertz CT molecular complexity index is 298. The Labute approximate surface area is 90.4 Å². The van der Waals surface area contributed by atoms with E-state index in [1.807, 2.05) is 37.3 Å². The van der Waals surface area contributed by atoms with Gasteiger partial charge in [-0.05, 0) is 12.5 Å². The van der Waals surface area contributed by atoms with E-state index in [9.17, 15) is 4.79 Å². The maximum absolute atomic E-state index is 11.5. The van der Waals surface area contributed by atoms with Gasteiger partial charge in [0.1, 0.15) is 0 Å². The molecule has 0 fully saturated rings. The average molecular weight is 207 g/mol. The Morgan fingerprint density at radius 2 is 2.07 bits per heavy atom. The van der Waals surface area contributed by atoms with E-state index in [2.05, 4.69) is 5.32 Å². The fraction of sp³-hybridized carbons (Fsp3) is 0.417. The lowest BCUT2D eigenvalue weighted by Gasteiger charge is -2.12. The maximum Gasteiger partial charge on any atom is 0.224 e. The van der Waals surface area contributed by atoms with Gasteiger partial charge in [0.2, 0.25) is 5.91 Å². The van der Waals surface area contributed by atoms with E-state index in [0.717, 1.165) is 5.56 Å². The Balaban J connectivity index is 2.36. The molecular weight excluding hydrogens is 190 g/mol. The molecule has 1 N–H and O–H groups in total. The van der Waals surface area contributed by atoms with Crippen molar-refractivity contribution >= 4 is 5.91 Å². The predicted octanol–water partition coefficient (Wildman–Crippen LogP) is 1.38. The number of nitrogens with one attached hydrogen (secondary N) is 1. The summed E-state index contributed by atoms with van der Waals surface area (Å²) >= 11 is 0. The van der Waals surface area contributed by atoms with Crippen LogP contribution in [0.15, 0.2) is 30.3 Å². The first kappa shape index (κ1) is 11.7. The molecule has 1 rings (SSSR count). The summed E-state index contributed by atoms with van der Waals surface area (Å²) in [6.45, 7) is 2.47. The van der Waals surface area contributed by atoms with Crippen LogP contribution in [0.3, 0.4) is 0 Å². The second-order valence-corrected chi connectivity index (χ2v) is 3.59. The van der Waals surface area contributed by atoms with Crippen LogP contribution >= 0.6 is 0 Å². The Hall–Kier alpha value is -1.35. The van der Waals surface area contributed by atoms with E-state index in [4.69, 9.17) is 4.74 Å². The van der Waals surface area contributed by atoms with Gasteiger partial charge in [0.05, 0.1) is 13.0 Å². The number of rotatable bonds is 5. The molecule has 0 unspecified atom stereocenters. The summed E-state index contributed by atoms with van der Waals surface area (Å²) in [7, 11) is 1.62. The highest BCUT2D eigenvalue weighted by Gasteiger charge is 2.06. The van der Waals surface area contributed by atoms with Crippen LogP contribution in [0.4, 0.5) is 0 Å². The number of hydrogen-bond donors (Lipinski definition) is 1. The van der Waals surface area contributed by atoms with Crippen molar-refractivity contribution in [3.05, 3.63) is 35.9 Å². The first-order chi connectivity index (χ1) is 7.22. The van der Waals surface area contributed by atoms with E-state index in [1.54, 1.807) is 7.11 Å². The Morgan fingerprint density at radius 3 is 2.67 bits per heavy atom. The molecule has 3 nitrogen and oxygen atoms in total. The summed E-state index contributed by atoms with van der Waals surface area (Å²) in [5, 5.41) is 2.87. The largest absolute Gasteiger partial charge is 0.383 e. The van der Waals surface area contributed by atoms with E-state index in [-0.39, 0.29) is 11.9 Å². The van der Waals surface area contributed by atoms with Crippen LogP contribution in [-0.4, -0.2) is 25.7 Å². The number of ether oxygens (including phenoxy) is 1. The molecule has 0 aliphatic rings. The van der Waals surface area contributed by atoms with Gasteiger partial charge in [-0.15, -0.1) is 0 Å². The second kappa shape index (κ2) is 6.19. The lowest BCUT2D eigenvalue weighted by atomic mass is 10.1. The maximum atomic E-state index is 11.5. The van der Waals surface area contributed by atoms with Gasteiger partial charge in [-0.1, -0.05) is 30.3 Å². The smallest absolute Gasteiger partial charge is 0.224 e. The van der Waals surface area contributed by atoms with Crippen LogP contribution < -0.4 is 5.32 Å². The minimum absolute atomic E-state index is 0.0331. The molecule has 1 amide bonds. The fourth-order valence-corrected chi connectivity index (χ4v) is 1.40. The van der Waals surface area contributed by atoms with Crippen LogP contribution in [0.1, 0.15) is 12.5 Å². The van der Waals surface area contributed by atoms with Crippen molar-refractivity contribution in [1.29, 1.82) is 0 Å². The third-order valence-electron chi connectivity index (χ3n) is 2.03. The van der Waals surface area contributed by atoms with E-state index >= 15 is 0 Å². The van der Waals surface area contributed by atoms with Crippen molar-refractivity contribution in [3.8, 4) is 0 Å². The Kier molecular flexibility index (Phi) is 4.84. The van der Waals surface area contributed by atoms with Crippen LogP contribution in [-0.2, 0) is 16.0 Å². The zero-order valence-electron chi connectivity index (χ0n) is 9.19. The van der Waals surface area contributed by atoms with Gasteiger partial charge in [0.15, 0.2) is 0 Å². The summed E-state index contributed by atoms with van der Waals surface area (Å²) < 4.78 is 4.94. The van der Waals surface area contributed by atoms with Crippen LogP contribution in [0.5, 0.6) is 0 Å². The first-order valence-corrected chi connectivity index (χ1v) is 5.04. The summed E-state index contributed by atoms with van der Waals surface area (Å²) in [6, 6.07) is 9.75. The first-order valence-electron chi connectivity index (χ1n) is 5.04. The predicted molar refractivity (Wildman–Crippen MR) is 59.6 cm³/mol. The molecular formula is C12H17NO2. The average Bonchev–Trinajstić information content (AvgIpc) is 2.19. The summed E-state index contributed by atoms with van der Waals surface area (Å²) in [4.78, 5) is 11.5. The van der Waals surface area contributed by atoms with Crippen molar-refractivity contribution in [2.24, 2.45) is 0 Å². The van der Waals surface area contributed by atoms with Gasteiger partial charge in [-0.2, -0.15) is 0 Å². The molecule has 1 atom stereocenters. The number of hydrogen-bond acceptors (Lipinski definition) is 2. The quantitative estimate of drug-likeness (QED) is 0.792. The molecule has 82 valence electrons. The van der Waals surface area contributed by atoms with Crippen molar-refractivity contribution in [1.82, 2.24) is 5.32 Å². The zero-order chi connectivity index (χ0) is 11.1. The van der Waals surface area contributed by atoms with Crippen molar-refractivity contribution in [2.45, 2.75) is 19.4 Å². The molecule has 0 bridgehead atoms. The molecule has 0 heterocycles. The van der Waals surface area contributed by atoms with Gasteiger partial charge in [-0.25, -0.2) is 0 Å². The minimum atomic E-state index is 0.0331.